The Morgan fingerprint density at radius 3 is 2.42 bits per heavy atom. The van der Waals surface area contributed by atoms with Crippen LogP contribution in [-0.4, -0.2) is 23.9 Å². The number of benzene rings is 2. The Hall–Kier alpha value is -1.74. The van der Waals surface area contributed by atoms with Gasteiger partial charge in [-0.3, -0.25) is 0 Å². The molecule has 3 rings (SSSR count). The lowest BCUT2D eigenvalue weighted by Crippen LogP contribution is -2.23. The minimum atomic E-state index is -3.61. The number of sulfonamides is 2. The number of hydrogen-bond acceptors (Lipinski definition) is 4. The van der Waals surface area contributed by atoms with Crippen LogP contribution in [0.5, 0.6) is 0 Å². The van der Waals surface area contributed by atoms with Gasteiger partial charge in [-0.15, -0.1) is 0 Å². The number of rotatable bonds is 7. The fourth-order valence-corrected chi connectivity index (χ4v) is 4.93. The first-order chi connectivity index (χ1) is 12.3. The van der Waals surface area contributed by atoms with Crippen molar-refractivity contribution in [1.82, 2.24) is 9.44 Å². The summed E-state index contributed by atoms with van der Waals surface area (Å²) in [6.45, 7) is 0.104. The van der Waals surface area contributed by atoms with Crippen LogP contribution in [-0.2, 0) is 45.2 Å². The van der Waals surface area contributed by atoms with Crippen LogP contribution >= 0.6 is 0 Å². The van der Waals surface area contributed by atoms with Crippen molar-refractivity contribution in [3.8, 4) is 0 Å². The molecule has 0 radical (unpaired) electrons. The second-order valence-corrected chi connectivity index (χ2v) is 10.1. The van der Waals surface area contributed by atoms with Gasteiger partial charge in [-0.05, 0) is 60.7 Å². The highest BCUT2D eigenvalue weighted by atomic mass is 32.2. The van der Waals surface area contributed by atoms with Crippen LogP contribution in [0.1, 0.15) is 28.7 Å². The summed E-state index contributed by atoms with van der Waals surface area (Å²) in [4.78, 5) is 0.270. The molecule has 0 bridgehead atoms. The molecule has 2 aromatic carbocycles. The standard InChI is InChI=1S/C18H22N2O4S2/c1-19-25(21,22)13-15-5-2-4-14(10-15)12-20-26(23,24)18-9-8-16-6-3-7-17(16)11-18/h2,4-5,8-11,19-20H,3,6-7,12-13H2,1H3. The Bertz CT molecular complexity index is 1020. The molecule has 0 saturated heterocycles. The molecule has 0 heterocycles. The smallest absolute Gasteiger partial charge is 0.218 e. The molecule has 1 aliphatic rings. The van der Waals surface area contributed by atoms with E-state index in [2.05, 4.69) is 9.44 Å². The van der Waals surface area contributed by atoms with Crippen molar-refractivity contribution in [1.29, 1.82) is 0 Å². The van der Waals surface area contributed by atoms with Crippen LogP contribution in [0.4, 0.5) is 0 Å². The minimum Gasteiger partial charge on any atom is -0.218 e. The molecular weight excluding hydrogens is 372 g/mol. The van der Waals surface area contributed by atoms with E-state index < -0.39 is 20.0 Å². The van der Waals surface area contributed by atoms with Crippen LogP contribution in [0.3, 0.4) is 0 Å². The highest BCUT2D eigenvalue weighted by Gasteiger charge is 2.18. The number of aryl methyl sites for hydroxylation is 2. The van der Waals surface area contributed by atoms with E-state index in [1.165, 1.54) is 12.6 Å². The van der Waals surface area contributed by atoms with Crippen molar-refractivity contribution in [2.45, 2.75) is 36.5 Å². The minimum absolute atomic E-state index is 0.104. The molecule has 0 amide bonds. The predicted octanol–water partition coefficient (Wildman–Crippen LogP) is 1.70. The predicted molar refractivity (Wildman–Crippen MR) is 101 cm³/mol. The number of fused-ring (bicyclic) bond motifs is 1. The fourth-order valence-electron chi connectivity index (χ4n) is 3.10. The maximum Gasteiger partial charge on any atom is 0.240 e. The van der Waals surface area contributed by atoms with E-state index in [9.17, 15) is 16.8 Å². The third-order valence-corrected chi connectivity index (χ3v) is 7.24. The van der Waals surface area contributed by atoms with E-state index in [1.54, 1.807) is 36.4 Å². The van der Waals surface area contributed by atoms with Crippen LogP contribution < -0.4 is 9.44 Å². The van der Waals surface area contributed by atoms with Crippen molar-refractivity contribution in [3.63, 3.8) is 0 Å². The van der Waals surface area contributed by atoms with Gasteiger partial charge in [0.05, 0.1) is 10.6 Å². The molecule has 0 saturated carbocycles. The largest absolute Gasteiger partial charge is 0.240 e. The summed E-state index contributed by atoms with van der Waals surface area (Å²) < 4.78 is 53.3. The molecule has 0 aliphatic heterocycles. The zero-order chi connectivity index (χ0) is 18.8. The zero-order valence-corrected chi connectivity index (χ0v) is 16.2. The fraction of sp³-hybridized carbons (Fsp3) is 0.333. The Morgan fingerprint density at radius 2 is 1.65 bits per heavy atom. The average molecular weight is 395 g/mol. The van der Waals surface area contributed by atoms with Crippen molar-refractivity contribution in [2.24, 2.45) is 0 Å². The van der Waals surface area contributed by atoms with Gasteiger partial charge in [-0.2, -0.15) is 0 Å². The Labute approximate surface area is 154 Å². The number of nitrogens with one attached hydrogen (secondary N) is 2. The molecule has 140 valence electrons. The van der Waals surface area contributed by atoms with Gasteiger partial charge in [0.2, 0.25) is 20.0 Å². The lowest BCUT2D eigenvalue weighted by molar-refractivity contribution is 0.580. The summed E-state index contributed by atoms with van der Waals surface area (Å²) in [5.41, 5.74) is 3.64. The van der Waals surface area contributed by atoms with E-state index >= 15 is 0 Å². The highest BCUT2D eigenvalue weighted by Crippen LogP contribution is 2.24. The van der Waals surface area contributed by atoms with E-state index in [-0.39, 0.29) is 17.2 Å². The monoisotopic (exact) mass is 394 g/mol. The van der Waals surface area contributed by atoms with Crippen LogP contribution in [0.25, 0.3) is 0 Å². The van der Waals surface area contributed by atoms with Crippen molar-refractivity contribution < 1.29 is 16.8 Å². The summed E-state index contributed by atoms with van der Waals surface area (Å²) in [5, 5.41) is 0. The Kier molecular flexibility index (Phi) is 5.47. The Morgan fingerprint density at radius 1 is 0.923 bits per heavy atom. The molecule has 2 N–H and O–H groups in total. The maximum absolute atomic E-state index is 12.5. The molecule has 6 nitrogen and oxygen atoms in total. The van der Waals surface area contributed by atoms with Gasteiger partial charge >= 0.3 is 0 Å². The molecule has 1 aliphatic carbocycles. The van der Waals surface area contributed by atoms with Gasteiger partial charge in [-0.25, -0.2) is 26.3 Å². The molecule has 0 unspecified atom stereocenters. The molecule has 0 aromatic heterocycles. The van der Waals surface area contributed by atoms with Gasteiger partial charge in [-0.1, -0.05) is 30.3 Å². The van der Waals surface area contributed by atoms with Gasteiger partial charge < -0.3 is 0 Å². The molecule has 8 heteroatoms. The van der Waals surface area contributed by atoms with E-state index in [0.29, 0.717) is 11.1 Å². The van der Waals surface area contributed by atoms with Gasteiger partial charge in [0, 0.05) is 6.54 Å². The summed E-state index contributed by atoms with van der Waals surface area (Å²) in [6.07, 6.45) is 2.99. The second kappa shape index (κ2) is 7.48. The van der Waals surface area contributed by atoms with E-state index in [4.69, 9.17) is 0 Å². The lowest BCUT2D eigenvalue weighted by Gasteiger charge is -2.10. The van der Waals surface area contributed by atoms with Gasteiger partial charge in [0.25, 0.3) is 0 Å². The van der Waals surface area contributed by atoms with E-state index in [1.807, 2.05) is 6.07 Å². The SMILES string of the molecule is CNS(=O)(=O)Cc1cccc(CNS(=O)(=O)c2ccc3c(c2)CCC3)c1. The molecule has 0 fully saturated rings. The van der Waals surface area contributed by atoms with Crippen molar-refractivity contribution in [2.75, 3.05) is 7.05 Å². The van der Waals surface area contributed by atoms with E-state index in [0.717, 1.165) is 24.8 Å². The lowest BCUT2D eigenvalue weighted by atomic mass is 10.1. The molecule has 2 aromatic rings. The average Bonchev–Trinajstić information content (AvgIpc) is 3.08. The highest BCUT2D eigenvalue weighted by molar-refractivity contribution is 7.89. The van der Waals surface area contributed by atoms with Gasteiger partial charge in [0.15, 0.2) is 0 Å². The third kappa shape index (κ3) is 4.50. The van der Waals surface area contributed by atoms with Crippen LogP contribution in [0, 0.1) is 0 Å². The zero-order valence-electron chi connectivity index (χ0n) is 14.5. The first kappa shape index (κ1) is 19.0. The summed E-state index contributed by atoms with van der Waals surface area (Å²) in [5.74, 6) is -0.144. The normalized spacial score (nSPS) is 14.3. The molecular formula is C18H22N2O4S2. The quantitative estimate of drug-likeness (QED) is 0.748. The Balaban J connectivity index is 1.72. The summed E-state index contributed by atoms with van der Waals surface area (Å²) >= 11 is 0. The third-order valence-electron chi connectivity index (χ3n) is 4.51. The molecule has 0 atom stereocenters. The van der Waals surface area contributed by atoms with Crippen LogP contribution in [0.2, 0.25) is 0 Å². The second-order valence-electron chi connectivity index (χ2n) is 6.39. The summed E-state index contributed by atoms with van der Waals surface area (Å²) in [6, 6.07) is 12.2. The molecule has 26 heavy (non-hydrogen) atoms. The maximum atomic E-state index is 12.5. The van der Waals surface area contributed by atoms with Crippen molar-refractivity contribution in [3.05, 3.63) is 64.7 Å². The van der Waals surface area contributed by atoms with Gasteiger partial charge in [0.1, 0.15) is 0 Å². The topological polar surface area (TPSA) is 92.3 Å². The summed E-state index contributed by atoms with van der Waals surface area (Å²) in [7, 11) is -5.62. The van der Waals surface area contributed by atoms with Crippen LogP contribution in [0.15, 0.2) is 47.4 Å². The molecule has 0 spiro atoms. The number of hydrogen-bond donors (Lipinski definition) is 2. The van der Waals surface area contributed by atoms with Crippen molar-refractivity contribution >= 4 is 20.0 Å². The first-order valence-corrected chi connectivity index (χ1v) is 11.5. The first-order valence-electron chi connectivity index (χ1n) is 8.39.